The zero-order valence-electron chi connectivity index (χ0n) is 14.8. The number of hydrogen-bond donors (Lipinski definition) is 3. The van der Waals surface area contributed by atoms with Crippen LogP contribution in [0.4, 0.5) is 4.39 Å². The van der Waals surface area contributed by atoms with Crippen LogP contribution >= 0.6 is 0 Å². The normalized spacial score (nSPS) is 25.2. The molecule has 27 heavy (non-hydrogen) atoms. The van der Waals surface area contributed by atoms with Crippen molar-refractivity contribution in [2.75, 3.05) is 0 Å². The van der Waals surface area contributed by atoms with Crippen molar-refractivity contribution in [3.63, 3.8) is 0 Å². The van der Waals surface area contributed by atoms with Gasteiger partial charge in [-0.05, 0) is 31.2 Å². The lowest BCUT2D eigenvalue weighted by molar-refractivity contribution is -0.0166. The number of nitrogens with zero attached hydrogens (tertiary/aromatic N) is 3. The molecule has 1 aliphatic carbocycles. The fourth-order valence-corrected chi connectivity index (χ4v) is 3.71. The lowest BCUT2D eigenvalue weighted by Gasteiger charge is -2.20. The summed E-state index contributed by atoms with van der Waals surface area (Å²) in [5, 5.41) is 22.0. The predicted octanol–water partition coefficient (Wildman–Crippen LogP) is 1.45. The Labute approximate surface area is 155 Å². The van der Waals surface area contributed by atoms with E-state index in [4.69, 9.17) is 10.5 Å². The molecule has 0 amide bonds. The summed E-state index contributed by atoms with van der Waals surface area (Å²) in [7, 11) is 0. The van der Waals surface area contributed by atoms with Gasteiger partial charge in [0, 0.05) is 30.1 Å². The highest BCUT2D eigenvalue weighted by molar-refractivity contribution is 5.78. The summed E-state index contributed by atoms with van der Waals surface area (Å²) in [6.45, 7) is 2.00. The van der Waals surface area contributed by atoms with Gasteiger partial charge in [-0.3, -0.25) is 0 Å². The Balaban J connectivity index is 1.62. The first-order valence-electron chi connectivity index (χ1n) is 8.79. The number of aryl methyl sites for hydroxylation is 1. The minimum atomic E-state index is -1.09. The smallest absolute Gasteiger partial charge is 0.143 e. The van der Waals surface area contributed by atoms with Gasteiger partial charge < -0.3 is 25.3 Å². The molecule has 7 nitrogen and oxygen atoms in total. The minimum absolute atomic E-state index is 0.111. The summed E-state index contributed by atoms with van der Waals surface area (Å²) in [6.07, 6.45) is 0.913. The van der Waals surface area contributed by atoms with Crippen LogP contribution in [0.1, 0.15) is 23.7 Å². The molecular formula is C19H21FN4O3. The maximum Gasteiger partial charge on any atom is 0.143 e. The number of halogens is 1. The molecule has 1 aromatic carbocycles. The fourth-order valence-electron chi connectivity index (χ4n) is 3.71. The molecule has 3 aromatic rings. The molecule has 2 aromatic heterocycles. The van der Waals surface area contributed by atoms with E-state index < -0.39 is 30.2 Å². The molecule has 142 valence electrons. The Morgan fingerprint density at radius 1 is 1.26 bits per heavy atom. The van der Waals surface area contributed by atoms with Gasteiger partial charge in [0.15, 0.2) is 0 Å². The topological polar surface area (TPSA) is 106 Å². The van der Waals surface area contributed by atoms with Crippen LogP contribution in [0.5, 0.6) is 5.75 Å². The number of aromatic nitrogens is 3. The molecular weight excluding hydrogens is 351 g/mol. The second-order valence-electron chi connectivity index (χ2n) is 6.82. The average molecular weight is 372 g/mol. The van der Waals surface area contributed by atoms with E-state index in [0.717, 1.165) is 11.1 Å². The first kappa shape index (κ1) is 17.8. The predicted molar refractivity (Wildman–Crippen MR) is 96.6 cm³/mol. The summed E-state index contributed by atoms with van der Waals surface area (Å²) in [6, 6.07) is 5.57. The van der Waals surface area contributed by atoms with Gasteiger partial charge in [0.05, 0.1) is 11.7 Å². The van der Waals surface area contributed by atoms with Crippen LogP contribution in [-0.4, -0.2) is 43.1 Å². The molecule has 0 bridgehead atoms. The highest BCUT2D eigenvalue weighted by atomic mass is 19.1. The zero-order chi connectivity index (χ0) is 19.1. The first-order valence-corrected chi connectivity index (χ1v) is 8.79. The summed E-state index contributed by atoms with van der Waals surface area (Å²) in [4.78, 5) is 8.49. The third kappa shape index (κ3) is 3.05. The third-order valence-corrected chi connectivity index (χ3v) is 5.19. The molecule has 4 atom stereocenters. The Bertz CT molecular complexity index is 977. The summed E-state index contributed by atoms with van der Waals surface area (Å²) in [5.74, 6) is 0.00730. The van der Waals surface area contributed by atoms with Gasteiger partial charge in [0.1, 0.15) is 41.9 Å². The molecule has 1 fully saturated rings. The average Bonchev–Trinajstić information content (AvgIpc) is 3.20. The van der Waals surface area contributed by atoms with Gasteiger partial charge in [-0.1, -0.05) is 0 Å². The maximum absolute atomic E-state index is 13.4. The van der Waals surface area contributed by atoms with Crippen LogP contribution in [0, 0.1) is 12.7 Å². The van der Waals surface area contributed by atoms with Crippen LogP contribution in [0.3, 0.4) is 0 Å². The molecule has 0 aliphatic heterocycles. The highest BCUT2D eigenvalue weighted by Crippen LogP contribution is 2.36. The number of benzene rings is 1. The number of aliphatic hydroxyl groups excluding tert-OH is 2. The van der Waals surface area contributed by atoms with E-state index in [1.54, 1.807) is 0 Å². The van der Waals surface area contributed by atoms with E-state index >= 15 is 0 Å². The molecule has 2 unspecified atom stereocenters. The van der Waals surface area contributed by atoms with Crippen molar-refractivity contribution in [3.8, 4) is 5.75 Å². The van der Waals surface area contributed by atoms with Crippen LogP contribution < -0.4 is 10.5 Å². The number of fused-ring (bicyclic) bond motifs is 1. The van der Waals surface area contributed by atoms with Gasteiger partial charge in [-0.15, -0.1) is 0 Å². The van der Waals surface area contributed by atoms with Crippen molar-refractivity contribution >= 4 is 11.0 Å². The van der Waals surface area contributed by atoms with Crippen molar-refractivity contribution in [2.45, 2.75) is 44.2 Å². The van der Waals surface area contributed by atoms with Crippen molar-refractivity contribution in [1.82, 2.24) is 14.5 Å². The van der Waals surface area contributed by atoms with E-state index in [1.807, 2.05) is 23.8 Å². The van der Waals surface area contributed by atoms with Crippen molar-refractivity contribution in [3.05, 3.63) is 53.9 Å². The summed E-state index contributed by atoms with van der Waals surface area (Å²) < 4.78 is 21.1. The van der Waals surface area contributed by atoms with Crippen LogP contribution in [0.2, 0.25) is 0 Å². The van der Waals surface area contributed by atoms with E-state index in [0.29, 0.717) is 23.4 Å². The first-order chi connectivity index (χ1) is 13.0. The van der Waals surface area contributed by atoms with E-state index in [2.05, 4.69) is 9.97 Å². The molecule has 1 aliphatic rings. The number of nitrogens with two attached hydrogens (primary N) is 1. The van der Waals surface area contributed by atoms with Gasteiger partial charge >= 0.3 is 0 Å². The van der Waals surface area contributed by atoms with Gasteiger partial charge in [0.2, 0.25) is 0 Å². The molecule has 0 saturated heterocycles. The van der Waals surface area contributed by atoms with E-state index in [1.165, 1.54) is 24.5 Å². The second kappa shape index (κ2) is 6.88. The Morgan fingerprint density at radius 2 is 2.07 bits per heavy atom. The zero-order valence-corrected chi connectivity index (χ0v) is 14.8. The largest absolute Gasteiger partial charge is 0.487 e. The van der Waals surface area contributed by atoms with Crippen molar-refractivity contribution in [1.29, 1.82) is 0 Å². The highest BCUT2D eigenvalue weighted by Gasteiger charge is 2.44. The lowest BCUT2D eigenvalue weighted by atomic mass is 10.2. The Morgan fingerprint density at radius 3 is 2.85 bits per heavy atom. The van der Waals surface area contributed by atoms with Gasteiger partial charge in [-0.25, -0.2) is 14.4 Å². The quantitative estimate of drug-likeness (QED) is 0.640. The van der Waals surface area contributed by atoms with Crippen molar-refractivity contribution in [2.24, 2.45) is 5.73 Å². The SMILES string of the molecule is Cc1ncnc2c1ccn2[C@H]1C[C@@H](Oc2ccc(F)cc2CN)C(O)C1O. The molecule has 4 N–H and O–H groups in total. The van der Waals surface area contributed by atoms with E-state index in [9.17, 15) is 14.6 Å². The monoisotopic (exact) mass is 372 g/mol. The summed E-state index contributed by atoms with van der Waals surface area (Å²) in [5.41, 5.74) is 7.71. The van der Waals surface area contributed by atoms with Gasteiger partial charge in [0.25, 0.3) is 0 Å². The lowest BCUT2D eigenvalue weighted by Crippen LogP contribution is -2.34. The number of rotatable bonds is 4. The number of aliphatic hydroxyl groups is 2. The number of hydrogen-bond acceptors (Lipinski definition) is 6. The molecule has 0 spiro atoms. The standard InChI is InChI=1S/C19H21FN4O3/c1-10-13-4-5-24(19(13)23-9-22-10)14-7-16(18(26)17(14)25)27-15-3-2-12(20)6-11(15)8-21/h2-6,9,14,16-18,25-26H,7-8,21H2,1H3/t14-,16+,17?,18?/m0/s1. The second-order valence-corrected chi connectivity index (χ2v) is 6.82. The Hall–Kier alpha value is -2.55. The minimum Gasteiger partial charge on any atom is -0.487 e. The fraction of sp³-hybridized carbons (Fsp3) is 0.368. The molecule has 8 heteroatoms. The number of ether oxygens (including phenoxy) is 1. The molecule has 0 radical (unpaired) electrons. The van der Waals surface area contributed by atoms with Crippen LogP contribution in [0.15, 0.2) is 36.8 Å². The third-order valence-electron chi connectivity index (χ3n) is 5.19. The summed E-state index contributed by atoms with van der Waals surface area (Å²) >= 11 is 0. The van der Waals surface area contributed by atoms with Crippen molar-refractivity contribution < 1.29 is 19.3 Å². The Kier molecular flexibility index (Phi) is 4.55. The van der Waals surface area contributed by atoms with E-state index in [-0.39, 0.29) is 6.54 Å². The molecule has 1 saturated carbocycles. The molecule has 4 rings (SSSR count). The maximum atomic E-state index is 13.4. The van der Waals surface area contributed by atoms with Gasteiger partial charge in [-0.2, -0.15) is 0 Å². The molecule has 2 heterocycles. The van der Waals surface area contributed by atoms with Crippen LogP contribution in [0.25, 0.3) is 11.0 Å². The van der Waals surface area contributed by atoms with Crippen LogP contribution in [-0.2, 0) is 6.54 Å².